The van der Waals surface area contributed by atoms with Gasteiger partial charge in [-0.3, -0.25) is 14.6 Å². The fourth-order valence-electron chi connectivity index (χ4n) is 3.75. The average molecular weight is 409 g/mol. The summed E-state index contributed by atoms with van der Waals surface area (Å²) in [6.45, 7) is 1.26. The van der Waals surface area contributed by atoms with Gasteiger partial charge < -0.3 is 24.4 Å². The van der Waals surface area contributed by atoms with Crippen LogP contribution < -0.4 is 9.47 Å². The molecule has 0 bridgehead atoms. The Kier molecular flexibility index (Phi) is 5.41. The molecule has 3 heterocycles. The summed E-state index contributed by atoms with van der Waals surface area (Å²) in [6, 6.07) is 7.76. The summed E-state index contributed by atoms with van der Waals surface area (Å²) in [5.74, 6) is -0.513. The van der Waals surface area contributed by atoms with Crippen LogP contribution in [0.2, 0.25) is 0 Å². The van der Waals surface area contributed by atoms with Crippen molar-refractivity contribution in [1.29, 1.82) is 0 Å². The second-order valence-corrected chi connectivity index (χ2v) is 7.50. The highest BCUT2D eigenvalue weighted by atomic mass is 16.7. The van der Waals surface area contributed by atoms with Crippen molar-refractivity contribution in [3.05, 3.63) is 59.4 Å². The molecular formula is C22H23N3O5. The normalized spacial score (nSPS) is 19.7. The Hall–Kier alpha value is -3.39. The van der Waals surface area contributed by atoms with Gasteiger partial charge in [0.05, 0.1) is 11.6 Å². The molecule has 4 rings (SSSR count). The van der Waals surface area contributed by atoms with Gasteiger partial charge in [-0.1, -0.05) is 6.07 Å². The molecule has 8 nitrogen and oxygen atoms in total. The van der Waals surface area contributed by atoms with Gasteiger partial charge >= 0.3 is 0 Å². The quantitative estimate of drug-likeness (QED) is 0.444. The first kappa shape index (κ1) is 19.9. The first-order valence-electron chi connectivity index (χ1n) is 9.70. The monoisotopic (exact) mass is 409 g/mol. The zero-order chi connectivity index (χ0) is 21.3. The van der Waals surface area contributed by atoms with Crippen LogP contribution in [-0.2, 0) is 9.59 Å². The molecule has 1 fully saturated rings. The van der Waals surface area contributed by atoms with Crippen LogP contribution in [0.5, 0.6) is 11.5 Å². The van der Waals surface area contributed by atoms with Crippen LogP contribution in [0.4, 0.5) is 0 Å². The smallest absolute Gasteiger partial charge is 0.295 e. The summed E-state index contributed by atoms with van der Waals surface area (Å²) in [4.78, 5) is 33.5. The van der Waals surface area contributed by atoms with Crippen molar-refractivity contribution in [3.63, 3.8) is 0 Å². The Morgan fingerprint density at radius 2 is 2.03 bits per heavy atom. The predicted molar refractivity (Wildman–Crippen MR) is 109 cm³/mol. The third-order valence-corrected chi connectivity index (χ3v) is 5.19. The number of ketones is 1. The third-order valence-electron chi connectivity index (χ3n) is 5.19. The summed E-state index contributed by atoms with van der Waals surface area (Å²) < 4.78 is 10.7. The van der Waals surface area contributed by atoms with E-state index in [2.05, 4.69) is 4.98 Å². The first-order valence-corrected chi connectivity index (χ1v) is 9.70. The SMILES string of the molecule is CN(C)CCCN1C(=O)C(=O)C(=C(O)c2ccc3c(c2)OCO3)[C@@H]1c1cccnc1. The lowest BCUT2D eigenvalue weighted by Crippen LogP contribution is -2.32. The Bertz CT molecular complexity index is 1000. The van der Waals surface area contributed by atoms with E-state index in [0.29, 0.717) is 35.6 Å². The van der Waals surface area contributed by atoms with Crippen molar-refractivity contribution in [2.75, 3.05) is 34.0 Å². The van der Waals surface area contributed by atoms with E-state index in [4.69, 9.17) is 9.47 Å². The van der Waals surface area contributed by atoms with E-state index < -0.39 is 17.7 Å². The Morgan fingerprint density at radius 3 is 2.77 bits per heavy atom. The number of fused-ring (bicyclic) bond motifs is 1. The molecule has 156 valence electrons. The van der Waals surface area contributed by atoms with Gasteiger partial charge in [0, 0.05) is 24.5 Å². The zero-order valence-electron chi connectivity index (χ0n) is 16.9. The number of amides is 1. The van der Waals surface area contributed by atoms with Crippen LogP contribution in [0.3, 0.4) is 0 Å². The van der Waals surface area contributed by atoms with E-state index in [1.165, 1.54) is 4.90 Å². The minimum Gasteiger partial charge on any atom is -0.507 e. The summed E-state index contributed by atoms with van der Waals surface area (Å²) in [6.07, 6.45) is 3.93. The van der Waals surface area contributed by atoms with Crippen LogP contribution in [-0.4, -0.2) is 65.6 Å². The number of carbonyl (C=O) groups is 2. The number of aliphatic hydroxyl groups is 1. The van der Waals surface area contributed by atoms with E-state index in [9.17, 15) is 14.7 Å². The van der Waals surface area contributed by atoms with Crippen molar-refractivity contribution in [3.8, 4) is 11.5 Å². The maximum Gasteiger partial charge on any atom is 0.295 e. The number of nitrogens with zero attached hydrogens (tertiary/aromatic N) is 3. The molecule has 1 N–H and O–H groups in total. The average Bonchev–Trinajstić information content (AvgIpc) is 3.31. The van der Waals surface area contributed by atoms with Crippen LogP contribution in [0.15, 0.2) is 48.3 Å². The number of aliphatic hydroxyl groups excluding tert-OH is 1. The van der Waals surface area contributed by atoms with E-state index in [0.717, 1.165) is 6.54 Å². The predicted octanol–water partition coefficient (Wildman–Crippen LogP) is 2.18. The van der Waals surface area contributed by atoms with Crippen molar-refractivity contribution in [2.24, 2.45) is 0 Å². The van der Waals surface area contributed by atoms with Crippen LogP contribution >= 0.6 is 0 Å². The number of aromatic nitrogens is 1. The maximum absolute atomic E-state index is 12.9. The van der Waals surface area contributed by atoms with Gasteiger partial charge in [-0.2, -0.15) is 0 Å². The highest BCUT2D eigenvalue weighted by Crippen LogP contribution is 2.41. The number of hydrogen-bond donors (Lipinski definition) is 1. The lowest BCUT2D eigenvalue weighted by Gasteiger charge is -2.25. The van der Waals surface area contributed by atoms with Crippen LogP contribution in [0, 0.1) is 0 Å². The highest BCUT2D eigenvalue weighted by Gasteiger charge is 2.46. The van der Waals surface area contributed by atoms with Crippen molar-refractivity contribution < 1.29 is 24.2 Å². The van der Waals surface area contributed by atoms with Crippen molar-refractivity contribution in [1.82, 2.24) is 14.8 Å². The van der Waals surface area contributed by atoms with Gasteiger partial charge in [0.2, 0.25) is 6.79 Å². The van der Waals surface area contributed by atoms with Gasteiger partial charge in [0.25, 0.3) is 11.7 Å². The number of benzene rings is 1. The Morgan fingerprint density at radius 1 is 1.23 bits per heavy atom. The van der Waals surface area contributed by atoms with Crippen LogP contribution in [0.25, 0.3) is 5.76 Å². The molecule has 1 amide bonds. The molecule has 30 heavy (non-hydrogen) atoms. The number of hydrogen-bond acceptors (Lipinski definition) is 7. The van der Waals surface area contributed by atoms with E-state index in [1.54, 1.807) is 42.7 Å². The van der Waals surface area contributed by atoms with E-state index in [-0.39, 0.29) is 18.1 Å². The van der Waals surface area contributed by atoms with E-state index >= 15 is 0 Å². The fourth-order valence-corrected chi connectivity index (χ4v) is 3.75. The summed E-state index contributed by atoms with van der Waals surface area (Å²) >= 11 is 0. The standard InChI is InChI=1S/C22H23N3O5/c1-24(2)9-4-10-25-19(15-5-3-8-23-12-15)18(21(27)22(25)28)20(26)14-6-7-16-17(11-14)30-13-29-16/h3,5-8,11-12,19,26H,4,9-10,13H2,1-2H3/t19-/m0/s1. The highest BCUT2D eigenvalue weighted by molar-refractivity contribution is 6.46. The van der Waals surface area contributed by atoms with Gasteiger partial charge in [0.1, 0.15) is 5.76 Å². The molecule has 1 atom stereocenters. The molecule has 2 aliphatic rings. The molecule has 0 saturated carbocycles. The minimum atomic E-state index is -0.705. The fraction of sp³-hybridized carbons (Fsp3) is 0.318. The van der Waals surface area contributed by atoms with Gasteiger partial charge in [-0.25, -0.2) is 0 Å². The molecule has 0 spiro atoms. The Labute approximate surface area is 174 Å². The second kappa shape index (κ2) is 8.16. The number of Topliss-reactive ketones (excluding diaryl/α,β-unsaturated/α-hetero) is 1. The lowest BCUT2D eigenvalue weighted by molar-refractivity contribution is -0.139. The summed E-state index contributed by atoms with van der Waals surface area (Å²) in [5, 5.41) is 11.1. The summed E-state index contributed by atoms with van der Waals surface area (Å²) in [7, 11) is 3.90. The lowest BCUT2D eigenvalue weighted by atomic mass is 9.96. The molecule has 8 heteroatoms. The second-order valence-electron chi connectivity index (χ2n) is 7.50. The molecule has 0 radical (unpaired) electrons. The number of pyridine rings is 1. The number of rotatable bonds is 6. The van der Waals surface area contributed by atoms with Gasteiger partial charge in [0.15, 0.2) is 11.5 Å². The molecule has 0 aliphatic carbocycles. The van der Waals surface area contributed by atoms with Crippen molar-refractivity contribution in [2.45, 2.75) is 12.5 Å². The molecule has 1 aromatic heterocycles. The third kappa shape index (κ3) is 3.61. The van der Waals surface area contributed by atoms with Crippen LogP contribution in [0.1, 0.15) is 23.6 Å². The zero-order valence-corrected chi connectivity index (χ0v) is 16.9. The molecular weight excluding hydrogens is 386 g/mol. The number of likely N-dealkylation sites (tertiary alicyclic amines) is 1. The molecule has 1 aromatic carbocycles. The first-order chi connectivity index (χ1) is 14.5. The number of ether oxygens (including phenoxy) is 2. The van der Waals surface area contributed by atoms with Crippen molar-refractivity contribution >= 4 is 17.4 Å². The number of carbonyl (C=O) groups excluding carboxylic acids is 2. The maximum atomic E-state index is 12.9. The van der Waals surface area contributed by atoms with Gasteiger partial charge in [-0.15, -0.1) is 0 Å². The largest absolute Gasteiger partial charge is 0.507 e. The minimum absolute atomic E-state index is 0.0525. The Balaban J connectivity index is 1.77. The summed E-state index contributed by atoms with van der Waals surface area (Å²) in [5.41, 5.74) is 1.11. The topological polar surface area (TPSA) is 92.2 Å². The van der Waals surface area contributed by atoms with E-state index in [1.807, 2.05) is 19.0 Å². The molecule has 2 aliphatic heterocycles. The van der Waals surface area contributed by atoms with Gasteiger partial charge in [-0.05, 0) is 56.9 Å². The molecule has 2 aromatic rings. The molecule has 1 saturated heterocycles. The molecule has 0 unspecified atom stereocenters.